The predicted molar refractivity (Wildman–Crippen MR) is 103 cm³/mol. The number of carbonyl (C=O) groups is 2. The molecule has 2 heterocycles. The van der Waals surface area contributed by atoms with Crippen LogP contribution in [0, 0.1) is 0 Å². The Hall–Kier alpha value is -1.74. The molecule has 1 saturated heterocycles. The van der Waals surface area contributed by atoms with Crippen molar-refractivity contribution in [1.82, 2.24) is 14.6 Å². The number of aromatic nitrogens is 1. The molecule has 11 nitrogen and oxygen atoms in total. The number of nitrogens with one attached hydrogen (secondary N) is 1. The molecule has 3 N–H and O–H groups in total. The summed E-state index contributed by atoms with van der Waals surface area (Å²) in [6.45, 7) is 0. The number of nitrogens with zero attached hydrogens (tertiary/aromatic N) is 3. The Morgan fingerprint density at radius 3 is 2.53 bits per heavy atom. The number of carbonyl (C=O) groups excluding carboxylic acids is 2. The standard InChI is InChI=1S/C15H14ClN5O6S2.Na/c1-27-20-10(9-6-28-15(17)18-9)13(22)19-11-12(7-2-4-8(16)5-3-7)21(14(11)23)29(24,25)26;/h2-6,11-12H,1H3,(H2,17,18)(H,19,22)(H,24,25,26);/q;+1/p-1/t11-,12+;/m0./s1. The zero-order valence-electron chi connectivity index (χ0n) is 15.6. The van der Waals surface area contributed by atoms with Crippen LogP contribution in [0.15, 0.2) is 34.8 Å². The number of nitrogen functional groups attached to an aromatic ring is 1. The number of thiazole rings is 1. The number of anilines is 1. The molecule has 0 aliphatic carbocycles. The number of nitrogens with two attached hydrogens (primary N) is 1. The van der Waals surface area contributed by atoms with Gasteiger partial charge in [0.25, 0.3) is 11.8 Å². The SMILES string of the molecule is CON=C(C(=O)N[C@@H]1C(=O)N(S(=O)(=O)[O-])[C@@H]1c1ccc(Cl)cc1)c1csc(N)n1.[Na+]. The van der Waals surface area contributed by atoms with Gasteiger partial charge in [0, 0.05) is 10.4 Å². The summed E-state index contributed by atoms with van der Waals surface area (Å²) in [4.78, 5) is 33.6. The van der Waals surface area contributed by atoms with E-state index >= 15 is 0 Å². The van der Waals surface area contributed by atoms with Gasteiger partial charge in [-0.2, -0.15) is 0 Å². The van der Waals surface area contributed by atoms with Crippen LogP contribution in [0.3, 0.4) is 0 Å². The Kier molecular flexibility index (Phi) is 7.85. The van der Waals surface area contributed by atoms with Gasteiger partial charge in [0.05, 0.1) is 0 Å². The third-order valence-electron chi connectivity index (χ3n) is 3.95. The number of hydrogen-bond donors (Lipinski definition) is 2. The first-order chi connectivity index (χ1) is 13.6. The van der Waals surface area contributed by atoms with Gasteiger partial charge < -0.3 is 20.4 Å². The summed E-state index contributed by atoms with van der Waals surface area (Å²) in [6.07, 6.45) is 0. The van der Waals surface area contributed by atoms with E-state index in [1.165, 1.54) is 36.8 Å². The minimum Gasteiger partial charge on any atom is -0.731 e. The van der Waals surface area contributed by atoms with E-state index in [0.717, 1.165) is 11.3 Å². The van der Waals surface area contributed by atoms with E-state index in [1.54, 1.807) is 0 Å². The average molecular weight is 482 g/mol. The number of β-lactam (4-membered cyclic amide) rings is 1. The van der Waals surface area contributed by atoms with Crippen LogP contribution in [0.1, 0.15) is 17.3 Å². The molecule has 0 bridgehead atoms. The quantitative estimate of drug-likeness (QED) is 0.147. The minimum absolute atomic E-state index is 0. The smallest absolute Gasteiger partial charge is 0.731 e. The molecule has 30 heavy (non-hydrogen) atoms. The second kappa shape index (κ2) is 9.60. The summed E-state index contributed by atoms with van der Waals surface area (Å²) < 4.78 is 34.7. The molecule has 0 radical (unpaired) electrons. The fourth-order valence-corrected chi connectivity index (χ4v) is 4.27. The van der Waals surface area contributed by atoms with Crippen LogP contribution in [-0.4, -0.2) is 52.9 Å². The van der Waals surface area contributed by atoms with Crippen molar-refractivity contribution in [1.29, 1.82) is 0 Å². The van der Waals surface area contributed by atoms with Crippen LogP contribution in [0.5, 0.6) is 0 Å². The summed E-state index contributed by atoms with van der Waals surface area (Å²) in [7, 11) is -3.90. The molecule has 0 spiro atoms. The van der Waals surface area contributed by atoms with E-state index in [9.17, 15) is 22.6 Å². The Balaban J connectivity index is 0.00000320. The largest absolute Gasteiger partial charge is 1.00 e. The van der Waals surface area contributed by atoms with Gasteiger partial charge in [0.15, 0.2) is 21.1 Å². The first kappa shape index (κ1) is 24.5. The fourth-order valence-electron chi connectivity index (χ4n) is 2.74. The molecule has 3 rings (SSSR count). The van der Waals surface area contributed by atoms with Crippen LogP contribution in [0.2, 0.25) is 5.02 Å². The van der Waals surface area contributed by atoms with E-state index < -0.39 is 34.2 Å². The van der Waals surface area contributed by atoms with Crippen LogP contribution < -0.4 is 40.6 Å². The first-order valence-corrected chi connectivity index (χ1v) is 10.4. The van der Waals surface area contributed by atoms with Gasteiger partial charge in [-0.15, -0.1) is 11.3 Å². The molecule has 2 atom stereocenters. The molecule has 1 aromatic heterocycles. The number of amides is 2. The van der Waals surface area contributed by atoms with Crippen LogP contribution >= 0.6 is 22.9 Å². The van der Waals surface area contributed by atoms with Crippen molar-refractivity contribution >= 4 is 55.9 Å². The van der Waals surface area contributed by atoms with E-state index in [0.29, 0.717) is 10.6 Å². The molecule has 1 fully saturated rings. The van der Waals surface area contributed by atoms with E-state index in [4.69, 9.17) is 17.3 Å². The van der Waals surface area contributed by atoms with Gasteiger partial charge in [-0.05, 0) is 17.7 Å². The molecule has 154 valence electrons. The normalized spacial score (nSPS) is 19.0. The van der Waals surface area contributed by atoms with E-state index in [1.807, 2.05) is 0 Å². The Labute approximate surface area is 202 Å². The monoisotopic (exact) mass is 481 g/mol. The minimum atomic E-state index is -5.10. The second-order valence-corrected chi connectivity index (χ2v) is 8.31. The molecule has 0 unspecified atom stereocenters. The summed E-state index contributed by atoms with van der Waals surface area (Å²) in [5, 5.41) is 7.97. The van der Waals surface area contributed by atoms with Crippen molar-refractivity contribution in [3.05, 3.63) is 45.9 Å². The van der Waals surface area contributed by atoms with Crippen molar-refractivity contribution in [2.24, 2.45) is 5.16 Å². The zero-order valence-corrected chi connectivity index (χ0v) is 20.0. The predicted octanol–water partition coefficient (Wildman–Crippen LogP) is -2.74. The van der Waals surface area contributed by atoms with Crippen LogP contribution in [0.4, 0.5) is 5.13 Å². The van der Waals surface area contributed by atoms with Gasteiger partial charge in [-0.25, -0.2) is 17.7 Å². The Bertz CT molecular complexity index is 1090. The number of oxime groups is 1. The molecule has 1 aromatic carbocycles. The maximum atomic E-state index is 12.7. The number of benzene rings is 1. The van der Waals surface area contributed by atoms with Gasteiger partial charge >= 0.3 is 29.6 Å². The fraction of sp³-hybridized carbons (Fsp3) is 0.200. The van der Waals surface area contributed by atoms with Gasteiger partial charge in [0.2, 0.25) is 0 Å². The maximum absolute atomic E-state index is 12.7. The topological polar surface area (TPSA) is 167 Å². The van der Waals surface area contributed by atoms with Crippen LogP contribution in [0.25, 0.3) is 0 Å². The van der Waals surface area contributed by atoms with E-state index in [-0.39, 0.29) is 50.4 Å². The molecule has 0 saturated carbocycles. The molecule has 2 aromatic rings. The van der Waals surface area contributed by atoms with Crippen LogP contribution in [-0.2, 0) is 24.7 Å². The number of halogens is 1. The van der Waals surface area contributed by atoms with Crippen molar-refractivity contribution in [3.63, 3.8) is 0 Å². The van der Waals surface area contributed by atoms with E-state index in [2.05, 4.69) is 20.3 Å². The molecule has 2 amide bonds. The first-order valence-electron chi connectivity index (χ1n) is 7.81. The summed E-state index contributed by atoms with van der Waals surface area (Å²) in [6, 6.07) is 3.25. The molecule has 15 heteroatoms. The zero-order chi connectivity index (χ0) is 21.3. The number of rotatable bonds is 6. The molecular weight excluding hydrogens is 469 g/mol. The number of hydrogen-bond acceptors (Lipinski definition) is 10. The molecular formula is C15H13ClN5NaO6S2. The van der Waals surface area contributed by atoms with Crippen molar-refractivity contribution in [2.45, 2.75) is 12.1 Å². The molecule has 1 aliphatic rings. The van der Waals surface area contributed by atoms with Crippen molar-refractivity contribution in [3.8, 4) is 0 Å². The summed E-state index contributed by atoms with van der Waals surface area (Å²) >= 11 is 6.88. The van der Waals surface area contributed by atoms with Gasteiger partial charge in [0.1, 0.15) is 24.9 Å². The molecule has 1 aliphatic heterocycles. The summed E-state index contributed by atoms with van der Waals surface area (Å²) in [5.41, 5.74) is 5.68. The Morgan fingerprint density at radius 2 is 2.03 bits per heavy atom. The summed E-state index contributed by atoms with van der Waals surface area (Å²) in [5.74, 6) is -1.94. The average Bonchev–Trinajstić information content (AvgIpc) is 3.07. The van der Waals surface area contributed by atoms with Crippen molar-refractivity contribution < 1.29 is 57.0 Å². The van der Waals surface area contributed by atoms with Gasteiger partial charge in [-0.1, -0.05) is 28.9 Å². The maximum Gasteiger partial charge on any atom is 1.00 e. The van der Waals surface area contributed by atoms with Crippen molar-refractivity contribution in [2.75, 3.05) is 12.8 Å². The third kappa shape index (κ3) is 4.94. The third-order valence-corrected chi connectivity index (χ3v) is 5.77. The second-order valence-electron chi connectivity index (χ2n) is 5.73. The van der Waals surface area contributed by atoms with Gasteiger partial charge in [-0.3, -0.25) is 9.59 Å². The Morgan fingerprint density at radius 1 is 1.40 bits per heavy atom.